The molecule has 0 bridgehead atoms. The average Bonchev–Trinajstić information content (AvgIpc) is 2.30. The van der Waals surface area contributed by atoms with Crippen LogP contribution in [-0.2, 0) is 0 Å². The first kappa shape index (κ1) is 14.6. The van der Waals surface area contributed by atoms with Crippen LogP contribution in [0.15, 0.2) is 18.2 Å². The third kappa shape index (κ3) is 3.53. The minimum atomic E-state index is -4.48. The Labute approximate surface area is 104 Å². The molecule has 0 amide bonds. The zero-order valence-electron chi connectivity index (χ0n) is 10.3. The van der Waals surface area contributed by atoms with Crippen LogP contribution in [0.5, 0.6) is 11.5 Å². The monoisotopic (exact) mass is 263 g/mol. The smallest absolute Gasteiger partial charge is 0.407 e. The third-order valence-corrected chi connectivity index (χ3v) is 2.28. The molecule has 1 atom stereocenters. The average molecular weight is 263 g/mol. The number of rotatable bonds is 5. The molecule has 0 aliphatic carbocycles. The molecule has 18 heavy (non-hydrogen) atoms. The van der Waals surface area contributed by atoms with Gasteiger partial charge in [-0.15, -0.1) is 0 Å². The van der Waals surface area contributed by atoms with Crippen molar-refractivity contribution in [1.29, 1.82) is 0 Å². The summed E-state index contributed by atoms with van der Waals surface area (Å²) in [5.74, 6) is 0.689. The van der Waals surface area contributed by atoms with Gasteiger partial charge < -0.3 is 15.2 Å². The van der Waals surface area contributed by atoms with Crippen LogP contribution in [-0.4, -0.2) is 19.4 Å². The first-order valence-electron chi connectivity index (χ1n) is 5.62. The van der Waals surface area contributed by atoms with Crippen molar-refractivity contribution < 1.29 is 22.6 Å². The summed E-state index contributed by atoms with van der Waals surface area (Å²) in [4.78, 5) is 0. The summed E-state index contributed by atoms with van der Waals surface area (Å²) in [6.07, 6.45) is -4.48. The van der Waals surface area contributed by atoms with Crippen molar-refractivity contribution >= 4 is 0 Å². The lowest BCUT2D eigenvalue weighted by atomic mass is 10.1. The molecule has 0 aliphatic rings. The highest BCUT2D eigenvalue weighted by Crippen LogP contribution is 2.35. The topological polar surface area (TPSA) is 44.5 Å². The standard InChI is InChI=1S/C12H16F3NO2/c1-3-17-9-6-5-8(7-10(9)18-4-2)11(16)12(13,14)15/h5-7,11H,3-4,16H2,1-2H3/t11-/m0/s1. The predicted octanol–water partition coefficient (Wildman–Crippen LogP) is 3.05. The van der Waals surface area contributed by atoms with Gasteiger partial charge in [0, 0.05) is 0 Å². The highest BCUT2D eigenvalue weighted by molar-refractivity contribution is 5.44. The number of halogens is 3. The second-order valence-electron chi connectivity index (χ2n) is 3.59. The van der Waals surface area contributed by atoms with Crippen molar-refractivity contribution in [2.75, 3.05) is 13.2 Å². The third-order valence-electron chi connectivity index (χ3n) is 2.28. The summed E-state index contributed by atoms with van der Waals surface area (Å²) in [6.45, 7) is 4.27. The molecule has 0 saturated heterocycles. The van der Waals surface area contributed by atoms with E-state index >= 15 is 0 Å². The summed E-state index contributed by atoms with van der Waals surface area (Å²) < 4.78 is 48.0. The molecule has 0 unspecified atom stereocenters. The van der Waals surface area contributed by atoms with Gasteiger partial charge in [0.15, 0.2) is 11.5 Å². The molecule has 2 N–H and O–H groups in total. The number of alkyl halides is 3. The minimum Gasteiger partial charge on any atom is -0.490 e. The molecule has 0 fully saturated rings. The lowest BCUT2D eigenvalue weighted by Gasteiger charge is -2.18. The van der Waals surface area contributed by atoms with Gasteiger partial charge in [0.25, 0.3) is 0 Å². The van der Waals surface area contributed by atoms with Crippen molar-refractivity contribution in [2.45, 2.75) is 26.1 Å². The number of hydrogen-bond donors (Lipinski definition) is 1. The Balaban J connectivity index is 3.06. The minimum absolute atomic E-state index is 0.0468. The Morgan fingerprint density at radius 3 is 2.17 bits per heavy atom. The van der Waals surface area contributed by atoms with Gasteiger partial charge in [-0.3, -0.25) is 0 Å². The van der Waals surface area contributed by atoms with Gasteiger partial charge in [-0.2, -0.15) is 13.2 Å². The van der Waals surface area contributed by atoms with E-state index in [1.807, 2.05) is 0 Å². The molecule has 3 nitrogen and oxygen atoms in total. The van der Waals surface area contributed by atoms with Crippen molar-refractivity contribution in [3.63, 3.8) is 0 Å². The summed E-state index contributed by atoms with van der Waals surface area (Å²) >= 11 is 0. The lowest BCUT2D eigenvalue weighted by molar-refractivity contribution is -0.149. The Morgan fingerprint density at radius 1 is 1.11 bits per heavy atom. The van der Waals surface area contributed by atoms with E-state index in [4.69, 9.17) is 15.2 Å². The van der Waals surface area contributed by atoms with Crippen molar-refractivity contribution in [3.8, 4) is 11.5 Å². The van der Waals surface area contributed by atoms with Crippen LogP contribution in [0.1, 0.15) is 25.5 Å². The molecule has 0 spiro atoms. The zero-order valence-corrected chi connectivity index (χ0v) is 10.3. The van der Waals surface area contributed by atoms with Crippen LogP contribution in [0.25, 0.3) is 0 Å². The van der Waals surface area contributed by atoms with Gasteiger partial charge in [0.1, 0.15) is 6.04 Å². The van der Waals surface area contributed by atoms with Crippen molar-refractivity contribution in [2.24, 2.45) is 5.73 Å². The number of ether oxygens (including phenoxy) is 2. The summed E-state index contributed by atoms with van der Waals surface area (Å²) in [7, 11) is 0. The second kappa shape index (κ2) is 5.95. The van der Waals surface area contributed by atoms with Crippen LogP contribution < -0.4 is 15.2 Å². The molecular formula is C12H16F3NO2. The fourth-order valence-corrected chi connectivity index (χ4v) is 1.45. The van der Waals surface area contributed by atoms with Crippen molar-refractivity contribution in [3.05, 3.63) is 23.8 Å². The van der Waals surface area contributed by atoms with Gasteiger partial charge in [-0.25, -0.2) is 0 Å². The van der Waals surface area contributed by atoms with Crippen LogP contribution in [0, 0.1) is 0 Å². The molecule has 1 aromatic rings. The fourth-order valence-electron chi connectivity index (χ4n) is 1.45. The van der Waals surface area contributed by atoms with Crippen LogP contribution in [0.2, 0.25) is 0 Å². The number of benzene rings is 1. The maximum absolute atomic E-state index is 12.5. The first-order chi connectivity index (χ1) is 8.40. The van der Waals surface area contributed by atoms with E-state index in [1.54, 1.807) is 13.8 Å². The molecule has 1 rings (SSSR count). The van der Waals surface area contributed by atoms with E-state index in [-0.39, 0.29) is 11.3 Å². The van der Waals surface area contributed by atoms with Crippen molar-refractivity contribution in [1.82, 2.24) is 0 Å². The second-order valence-corrected chi connectivity index (χ2v) is 3.59. The fraction of sp³-hybridized carbons (Fsp3) is 0.500. The van der Waals surface area contributed by atoms with E-state index in [2.05, 4.69) is 0 Å². The van der Waals surface area contributed by atoms with Crippen LogP contribution in [0.3, 0.4) is 0 Å². The quantitative estimate of drug-likeness (QED) is 0.888. The molecule has 0 radical (unpaired) electrons. The Morgan fingerprint density at radius 2 is 1.67 bits per heavy atom. The van der Waals surface area contributed by atoms with E-state index in [1.165, 1.54) is 18.2 Å². The molecule has 0 heterocycles. The Bertz CT molecular complexity index is 393. The van der Waals surface area contributed by atoms with E-state index in [0.29, 0.717) is 19.0 Å². The molecule has 6 heteroatoms. The van der Waals surface area contributed by atoms with E-state index in [9.17, 15) is 13.2 Å². The predicted molar refractivity (Wildman–Crippen MR) is 61.8 cm³/mol. The zero-order chi connectivity index (χ0) is 13.8. The number of nitrogens with two attached hydrogens (primary N) is 1. The van der Waals surface area contributed by atoms with Gasteiger partial charge in [0.2, 0.25) is 0 Å². The summed E-state index contributed by atoms with van der Waals surface area (Å²) in [6, 6.07) is 1.99. The van der Waals surface area contributed by atoms with E-state index in [0.717, 1.165) is 0 Å². The van der Waals surface area contributed by atoms with Gasteiger partial charge >= 0.3 is 6.18 Å². The molecule has 0 saturated carbocycles. The SMILES string of the molecule is CCOc1ccc([C@H](N)C(F)(F)F)cc1OCC. The summed E-state index contributed by atoms with van der Waals surface area (Å²) in [5.41, 5.74) is 5.09. The first-order valence-corrected chi connectivity index (χ1v) is 5.62. The maximum Gasteiger partial charge on any atom is 0.407 e. The Hall–Kier alpha value is -1.43. The number of hydrogen-bond acceptors (Lipinski definition) is 3. The van der Waals surface area contributed by atoms with Gasteiger partial charge in [0.05, 0.1) is 13.2 Å². The highest BCUT2D eigenvalue weighted by Gasteiger charge is 2.38. The molecule has 0 aromatic heterocycles. The molecule has 1 aromatic carbocycles. The Kier molecular flexibility index (Phi) is 4.84. The van der Waals surface area contributed by atoms with Crippen LogP contribution >= 0.6 is 0 Å². The van der Waals surface area contributed by atoms with Gasteiger partial charge in [-0.05, 0) is 31.5 Å². The van der Waals surface area contributed by atoms with Crippen LogP contribution in [0.4, 0.5) is 13.2 Å². The van der Waals surface area contributed by atoms with Gasteiger partial charge in [-0.1, -0.05) is 6.07 Å². The lowest BCUT2D eigenvalue weighted by Crippen LogP contribution is -2.28. The molecule has 0 aliphatic heterocycles. The molecule has 102 valence electrons. The highest BCUT2D eigenvalue weighted by atomic mass is 19.4. The normalized spacial score (nSPS) is 13.2. The maximum atomic E-state index is 12.5. The largest absolute Gasteiger partial charge is 0.490 e. The van der Waals surface area contributed by atoms with E-state index < -0.39 is 12.2 Å². The molecular weight excluding hydrogens is 247 g/mol. The summed E-state index contributed by atoms with van der Waals surface area (Å²) in [5, 5.41) is 0.